The van der Waals surface area contributed by atoms with Crippen LogP contribution in [0.4, 0.5) is 10.5 Å². The van der Waals surface area contributed by atoms with Crippen molar-refractivity contribution >= 4 is 17.6 Å². The number of phenolic OH excluding ortho intramolecular Hbond substituents is 1. The Morgan fingerprint density at radius 1 is 1.21 bits per heavy atom. The molecule has 1 saturated heterocycles. The fraction of sp³-hybridized carbons (Fsp3) is 0.263. The van der Waals surface area contributed by atoms with Crippen LogP contribution in [0.5, 0.6) is 5.75 Å². The number of aryl methyl sites for hydroxylation is 2. The van der Waals surface area contributed by atoms with E-state index in [2.05, 4.69) is 15.6 Å². The Labute approximate surface area is 160 Å². The van der Waals surface area contributed by atoms with Gasteiger partial charge in [-0.05, 0) is 31.5 Å². The minimum Gasteiger partial charge on any atom is -0.508 e. The second-order valence-electron chi connectivity index (χ2n) is 6.75. The number of aromatic hydroxyl groups is 1. The Morgan fingerprint density at radius 2 is 1.96 bits per heavy atom. The van der Waals surface area contributed by atoms with Crippen molar-refractivity contribution in [1.82, 2.24) is 20.3 Å². The Morgan fingerprint density at radius 3 is 2.64 bits per heavy atom. The van der Waals surface area contributed by atoms with E-state index in [-0.39, 0.29) is 11.7 Å². The van der Waals surface area contributed by atoms with Crippen LogP contribution in [0.1, 0.15) is 22.6 Å². The highest BCUT2D eigenvalue weighted by molar-refractivity contribution is 6.21. The van der Waals surface area contributed by atoms with Crippen molar-refractivity contribution < 1.29 is 19.2 Å². The van der Waals surface area contributed by atoms with Crippen molar-refractivity contribution in [3.8, 4) is 5.75 Å². The van der Waals surface area contributed by atoms with E-state index in [1.807, 2.05) is 13.8 Å². The van der Waals surface area contributed by atoms with E-state index in [1.165, 1.54) is 6.20 Å². The standard InChI is InChI=1S/C19H19N5O4/c1-11-16(12(2)28-22-11)10-23-9-14(8-20-23)24-18(26)17(21-19(24)27)7-13-3-5-15(25)6-4-13/h3-6,8-9,17,25H,7,10H2,1-2H3,(H,21,27). The second-order valence-corrected chi connectivity index (χ2v) is 6.75. The summed E-state index contributed by atoms with van der Waals surface area (Å²) < 4.78 is 6.79. The van der Waals surface area contributed by atoms with Crippen molar-refractivity contribution in [2.75, 3.05) is 4.90 Å². The van der Waals surface area contributed by atoms with Gasteiger partial charge in [-0.1, -0.05) is 17.3 Å². The van der Waals surface area contributed by atoms with Crippen LogP contribution in [-0.4, -0.2) is 38.0 Å². The van der Waals surface area contributed by atoms with Gasteiger partial charge in [-0.3, -0.25) is 9.48 Å². The maximum atomic E-state index is 12.8. The van der Waals surface area contributed by atoms with Gasteiger partial charge in [-0.25, -0.2) is 9.69 Å². The van der Waals surface area contributed by atoms with Crippen LogP contribution < -0.4 is 10.2 Å². The average molecular weight is 381 g/mol. The maximum absolute atomic E-state index is 12.8. The lowest BCUT2D eigenvalue weighted by atomic mass is 10.1. The predicted molar refractivity (Wildman–Crippen MR) is 98.9 cm³/mol. The minimum atomic E-state index is -0.664. The van der Waals surface area contributed by atoms with Crippen LogP contribution in [0.15, 0.2) is 41.2 Å². The molecule has 4 rings (SSSR count). The van der Waals surface area contributed by atoms with Gasteiger partial charge in [0.25, 0.3) is 5.91 Å². The van der Waals surface area contributed by atoms with Crippen LogP contribution in [0.2, 0.25) is 0 Å². The number of anilines is 1. The molecule has 3 heterocycles. The maximum Gasteiger partial charge on any atom is 0.329 e. The van der Waals surface area contributed by atoms with Gasteiger partial charge < -0.3 is 14.9 Å². The number of aromatic nitrogens is 3. The van der Waals surface area contributed by atoms with Gasteiger partial charge in [-0.15, -0.1) is 0 Å². The molecule has 0 saturated carbocycles. The summed E-state index contributed by atoms with van der Waals surface area (Å²) in [6.07, 6.45) is 3.47. The number of urea groups is 1. The highest BCUT2D eigenvalue weighted by atomic mass is 16.5. The number of carbonyl (C=O) groups is 2. The molecule has 1 atom stereocenters. The molecule has 144 valence electrons. The Hall–Kier alpha value is -3.62. The van der Waals surface area contributed by atoms with Gasteiger partial charge in [-0.2, -0.15) is 5.10 Å². The van der Waals surface area contributed by atoms with Crippen LogP contribution in [-0.2, 0) is 17.8 Å². The predicted octanol–water partition coefficient (Wildman–Crippen LogP) is 1.91. The number of amides is 3. The highest BCUT2D eigenvalue weighted by Crippen LogP contribution is 2.22. The van der Waals surface area contributed by atoms with Gasteiger partial charge >= 0.3 is 6.03 Å². The molecule has 1 fully saturated rings. The minimum absolute atomic E-state index is 0.151. The number of phenols is 1. The summed E-state index contributed by atoms with van der Waals surface area (Å²) in [6.45, 7) is 4.11. The van der Waals surface area contributed by atoms with E-state index < -0.39 is 12.1 Å². The van der Waals surface area contributed by atoms with Crippen molar-refractivity contribution in [3.05, 3.63) is 59.2 Å². The third-order valence-electron chi connectivity index (χ3n) is 4.77. The molecule has 1 aromatic carbocycles. The number of nitrogens with one attached hydrogen (secondary N) is 1. The molecule has 1 aliphatic rings. The van der Waals surface area contributed by atoms with E-state index in [0.717, 1.165) is 21.7 Å². The number of hydrogen-bond acceptors (Lipinski definition) is 6. The first-order valence-corrected chi connectivity index (χ1v) is 8.79. The summed E-state index contributed by atoms with van der Waals surface area (Å²) in [7, 11) is 0. The first-order valence-electron chi connectivity index (χ1n) is 8.79. The molecule has 0 radical (unpaired) electrons. The first kappa shape index (κ1) is 17.8. The monoisotopic (exact) mass is 381 g/mol. The number of rotatable bonds is 5. The molecule has 0 spiro atoms. The number of carbonyl (C=O) groups excluding carboxylic acids is 2. The average Bonchev–Trinajstić information content (AvgIpc) is 3.32. The molecule has 3 aromatic rings. The fourth-order valence-corrected chi connectivity index (χ4v) is 3.23. The third-order valence-corrected chi connectivity index (χ3v) is 4.77. The molecule has 28 heavy (non-hydrogen) atoms. The highest BCUT2D eigenvalue weighted by Gasteiger charge is 2.39. The molecule has 3 amide bonds. The van der Waals surface area contributed by atoms with Crippen molar-refractivity contribution in [2.24, 2.45) is 0 Å². The smallest absolute Gasteiger partial charge is 0.329 e. The molecular formula is C19H19N5O4. The lowest BCUT2D eigenvalue weighted by Crippen LogP contribution is -2.32. The molecule has 1 unspecified atom stereocenters. The van der Waals surface area contributed by atoms with Crippen molar-refractivity contribution in [3.63, 3.8) is 0 Å². The molecule has 2 aromatic heterocycles. The Bertz CT molecular complexity index is 1020. The Balaban J connectivity index is 1.50. The molecule has 2 N–H and O–H groups in total. The van der Waals surface area contributed by atoms with Crippen molar-refractivity contribution in [1.29, 1.82) is 0 Å². The van der Waals surface area contributed by atoms with Crippen LogP contribution in [0.3, 0.4) is 0 Å². The van der Waals surface area contributed by atoms with Gasteiger partial charge in [0, 0.05) is 18.2 Å². The van der Waals surface area contributed by atoms with E-state index in [4.69, 9.17) is 4.52 Å². The molecule has 1 aliphatic heterocycles. The molecule has 9 nitrogen and oxygen atoms in total. The van der Waals surface area contributed by atoms with Gasteiger partial charge in [0.1, 0.15) is 17.6 Å². The number of imide groups is 1. The van der Waals surface area contributed by atoms with Gasteiger partial charge in [0.05, 0.1) is 24.1 Å². The van der Waals surface area contributed by atoms with E-state index in [1.54, 1.807) is 35.1 Å². The van der Waals surface area contributed by atoms with Crippen molar-refractivity contribution in [2.45, 2.75) is 32.9 Å². The zero-order valence-electron chi connectivity index (χ0n) is 15.4. The summed E-state index contributed by atoms with van der Waals surface area (Å²) in [5, 5.41) is 20.2. The lowest BCUT2D eigenvalue weighted by Gasteiger charge is -2.10. The normalized spacial score (nSPS) is 16.6. The molecular weight excluding hydrogens is 362 g/mol. The molecule has 9 heteroatoms. The number of nitrogens with zero attached hydrogens (tertiary/aromatic N) is 4. The largest absolute Gasteiger partial charge is 0.508 e. The zero-order chi connectivity index (χ0) is 19.8. The zero-order valence-corrected chi connectivity index (χ0v) is 15.4. The molecule has 0 bridgehead atoms. The Kier molecular flexibility index (Phi) is 4.34. The molecule has 0 aliphatic carbocycles. The van der Waals surface area contributed by atoms with Crippen LogP contribution in [0.25, 0.3) is 0 Å². The summed E-state index contributed by atoms with van der Waals surface area (Å²) in [6, 6.07) is 5.40. The quantitative estimate of drug-likeness (QED) is 0.653. The van der Waals surface area contributed by atoms with Crippen LogP contribution >= 0.6 is 0 Å². The summed E-state index contributed by atoms with van der Waals surface area (Å²) in [5.74, 6) is 0.520. The topological polar surface area (TPSA) is 113 Å². The second kappa shape index (κ2) is 6.84. The number of hydrogen-bond donors (Lipinski definition) is 2. The van der Waals surface area contributed by atoms with Crippen LogP contribution in [0, 0.1) is 13.8 Å². The van der Waals surface area contributed by atoms with E-state index in [0.29, 0.717) is 24.4 Å². The summed E-state index contributed by atoms with van der Waals surface area (Å²) in [4.78, 5) is 26.2. The first-order chi connectivity index (χ1) is 13.4. The van der Waals surface area contributed by atoms with Gasteiger partial charge in [0.15, 0.2) is 0 Å². The summed E-state index contributed by atoms with van der Waals surface area (Å²) in [5.41, 5.74) is 2.94. The van der Waals surface area contributed by atoms with E-state index in [9.17, 15) is 14.7 Å². The lowest BCUT2D eigenvalue weighted by molar-refractivity contribution is -0.118. The van der Waals surface area contributed by atoms with E-state index >= 15 is 0 Å². The fourth-order valence-electron chi connectivity index (χ4n) is 3.23. The third kappa shape index (κ3) is 3.22. The van der Waals surface area contributed by atoms with Gasteiger partial charge in [0.2, 0.25) is 0 Å². The summed E-state index contributed by atoms with van der Waals surface area (Å²) >= 11 is 0. The number of benzene rings is 1. The SMILES string of the molecule is Cc1noc(C)c1Cn1cc(N2C(=O)NC(Cc3ccc(O)cc3)C2=O)cn1.